The Hall–Kier alpha value is -1.56. The van der Waals surface area contributed by atoms with E-state index in [-0.39, 0.29) is 10.8 Å². The van der Waals surface area contributed by atoms with E-state index in [1.807, 2.05) is 0 Å². The van der Waals surface area contributed by atoms with Gasteiger partial charge in [0.2, 0.25) is 0 Å². The second kappa shape index (κ2) is 4.98. The first-order chi connectivity index (χ1) is 7.45. The number of aromatic carboxylic acids is 1. The zero-order valence-corrected chi connectivity index (χ0v) is 8.79. The summed E-state index contributed by atoms with van der Waals surface area (Å²) < 4.78 is 33.0. The predicted octanol–water partition coefficient (Wildman–Crippen LogP) is 2.65. The third-order valence-electron chi connectivity index (χ3n) is 1.68. The minimum Gasteiger partial charge on any atom is -0.493 e. The fourth-order valence-electron chi connectivity index (χ4n) is 1.09. The number of carboxylic acids is 1. The lowest BCUT2D eigenvalue weighted by atomic mass is 10.2. The van der Waals surface area contributed by atoms with E-state index >= 15 is 0 Å². The summed E-state index contributed by atoms with van der Waals surface area (Å²) in [5.74, 6) is -2.14. The van der Waals surface area contributed by atoms with E-state index in [4.69, 9.17) is 21.4 Å². The molecular formula is C9H7ClF2O4. The highest BCUT2D eigenvalue weighted by Crippen LogP contribution is 2.35. The van der Waals surface area contributed by atoms with Crippen LogP contribution in [0.4, 0.5) is 8.78 Å². The molecule has 0 aliphatic carbocycles. The van der Waals surface area contributed by atoms with Crippen LogP contribution in [0.2, 0.25) is 5.02 Å². The summed E-state index contributed by atoms with van der Waals surface area (Å²) in [5, 5.41) is 8.84. The largest absolute Gasteiger partial charge is 0.493 e. The summed E-state index contributed by atoms with van der Waals surface area (Å²) in [5.41, 5.74) is -0.482. The van der Waals surface area contributed by atoms with Crippen LogP contribution in [0, 0.1) is 0 Å². The van der Waals surface area contributed by atoms with Gasteiger partial charge in [0.25, 0.3) is 0 Å². The Kier molecular flexibility index (Phi) is 3.89. The number of halogens is 3. The molecule has 0 fully saturated rings. The minimum absolute atomic E-state index is 0.0517. The van der Waals surface area contributed by atoms with Gasteiger partial charge in [-0.05, 0) is 6.07 Å². The molecule has 0 bridgehead atoms. The topological polar surface area (TPSA) is 55.8 Å². The first-order valence-electron chi connectivity index (χ1n) is 4.01. The van der Waals surface area contributed by atoms with Crippen molar-refractivity contribution in [3.8, 4) is 11.5 Å². The third-order valence-corrected chi connectivity index (χ3v) is 1.90. The van der Waals surface area contributed by atoms with Crippen molar-refractivity contribution in [1.29, 1.82) is 0 Å². The summed E-state index contributed by atoms with van der Waals surface area (Å²) in [6.45, 7) is -3.15. The fourth-order valence-corrected chi connectivity index (χ4v) is 1.30. The molecule has 0 amide bonds. The molecule has 88 valence electrons. The van der Waals surface area contributed by atoms with Crippen molar-refractivity contribution >= 4 is 17.6 Å². The van der Waals surface area contributed by atoms with Crippen LogP contribution >= 0.6 is 11.6 Å². The Bertz CT molecular complexity index is 409. The number of hydrogen-bond donors (Lipinski definition) is 1. The molecule has 0 aliphatic heterocycles. The van der Waals surface area contributed by atoms with Crippen LogP contribution in [0.15, 0.2) is 12.1 Å². The van der Waals surface area contributed by atoms with Gasteiger partial charge in [0, 0.05) is 11.1 Å². The smallest absolute Gasteiger partial charge is 0.387 e. The van der Waals surface area contributed by atoms with Crippen LogP contribution in [0.1, 0.15) is 10.4 Å². The number of alkyl halides is 2. The standard InChI is InChI=1S/C9H7ClF2O4/c1-15-6-3-4(10)2-5(8(13)14)7(6)16-9(11)12/h2-3,9H,1H3,(H,13,14). The van der Waals surface area contributed by atoms with Crippen molar-refractivity contribution in [3.63, 3.8) is 0 Å². The lowest BCUT2D eigenvalue weighted by Crippen LogP contribution is -2.09. The molecule has 1 N–H and O–H groups in total. The Morgan fingerprint density at radius 1 is 1.50 bits per heavy atom. The van der Waals surface area contributed by atoms with E-state index < -0.39 is 23.9 Å². The van der Waals surface area contributed by atoms with Gasteiger partial charge in [0.1, 0.15) is 5.56 Å². The Labute approximate surface area is 94.3 Å². The maximum atomic E-state index is 12.1. The Balaban J connectivity index is 3.33. The van der Waals surface area contributed by atoms with Crippen molar-refractivity contribution in [2.45, 2.75) is 6.61 Å². The molecule has 0 atom stereocenters. The maximum Gasteiger partial charge on any atom is 0.387 e. The van der Waals surface area contributed by atoms with Gasteiger partial charge in [-0.15, -0.1) is 0 Å². The zero-order chi connectivity index (χ0) is 12.3. The lowest BCUT2D eigenvalue weighted by molar-refractivity contribution is -0.0517. The van der Waals surface area contributed by atoms with E-state index in [1.165, 1.54) is 13.2 Å². The van der Waals surface area contributed by atoms with Crippen LogP contribution in [-0.4, -0.2) is 24.8 Å². The third kappa shape index (κ3) is 2.73. The van der Waals surface area contributed by atoms with E-state index in [9.17, 15) is 13.6 Å². The summed E-state index contributed by atoms with van der Waals surface area (Å²) in [4.78, 5) is 10.8. The van der Waals surface area contributed by atoms with E-state index in [0.29, 0.717) is 0 Å². The zero-order valence-electron chi connectivity index (χ0n) is 8.04. The first-order valence-corrected chi connectivity index (χ1v) is 4.39. The molecule has 16 heavy (non-hydrogen) atoms. The Morgan fingerprint density at radius 3 is 2.56 bits per heavy atom. The molecule has 0 unspecified atom stereocenters. The van der Waals surface area contributed by atoms with E-state index in [2.05, 4.69) is 4.74 Å². The van der Waals surface area contributed by atoms with Crippen LogP contribution < -0.4 is 9.47 Å². The number of rotatable bonds is 4. The molecule has 1 aromatic carbocycles. The molecule has 0 saturated heterocycles. The highest BCUT2D eigenvalue weighted by molar-refractivity contribution is 6.31. The van der Waals surface area contributed by atoms with Gasteiger partial charge in [-0.1, -0.05) is 11.6 Å². The van der Waals surface area contributed by atoms with Gasteiger partial charge in [-0.3, -0.25) is 0 Å². The first kappa shape index (κ1) is 12.5. The molecule has 1 aromatic rings. The van der Waals surface area contributed by atoms with Gasteiger partial charge in [-0.2, -0.15) is 8.78 Å². The number of benzene rings is 1. The SMILES string of the molecule is COc1cc(Cl)cc(C(=O)O)c1OC(F)F. The van der Waals surface area contributed by atoms with Crippen molar-refractivity contribution in [2.75, 3.05) is 7.11 Å². The summed E-state index contributed by atoms with van der Waals surface area (Å²) in [7, 11) is 1.19. The molecule has 0 radical (unpaired) electrons. The van der Waals surface area contributed by atoms with Crippen molar-refractivity contribution in [2.24, 2.45) is 0 Å². The van der Waals surface area contributed by atoms with Crippen LogP contribution in [0.5, 0.6) is 11.5 Å². The molecule has 7 heteroatoms. The van der Waals surface area contributed by atoms with E-state index in [1.54, 1.807) is 0 Å². The summed E-state index contributed by atoms with van der Waals surface area (Å²) in [6.07, 6.45) is 0. The van der Waals surface area contributed by atoms with E-state index in [0.717, 1.165) is 6.07 Å². The van der Waals surface area contributed by atoms with Crippen LogP contribution in [0.25, 0.3) is 0 Å². The quantitative estimate of drug-likeness (QED) is 0.895. The Morgan fingerprint density at radius 2 is 2.12 bits per heavy atom. The highest BCUT2D eigenvalue weighted by Gasteiger charge is 2.21. The molecular weight excluding hydrogens is 246 g/mol. The summed E-state index contributed by atoms with van der Waals surface area (Å²) in [6, 6.07) is 2.19. The van der Waals surface area contributed by atoms with Gasteiger partial charge in [0.15, 0.2) is 11.5 Å². The number of carboxylic acid groups (broad SMARTS) is 1. The molecule has 1 rings (SSSR count). The molecule has 4 nitrogen and oxygen atoms in total. The number of carbonyl (C=O) groups is 1. The maximum absolute atomic E-state index is 12.1. The lowest BCUT2D eigenvalue weighted by Gasteiger charge is -2.12. The minimum atomic E-state index is -3.15. The fraction of sp³-hybridized carbons (Fsp3) is 0.222. The average Bonchev–Trinajstić information content (AvgIpc) is 2.19. The van der Waals surface area contributed by atoms with Gasteiger partial charge < -0.3 is 14.6 Å². The van der Waals surface area contributed by atoms with Crippen LogP contribution in [-0.2, 0) is 0 Å². The van der Waals surface area contributed by atoms with Gasteiger partial charge >= 0.3 is 12.6 Å². The second-order valence-corrected chi connectivity index (χ2v) is 3.10. The predicted molar refractivity (Wildman–Crippen MR) is 51.6 cm³/mol. The molecule has 0 heterocycles. The second-order valence-electron chi connectivity index (χ2n) is 2.67. The summed E-state index contributed by atoms with van der Waals surface area (Å²) >= 11 is 5.59. The van der Waals surface area contributed by atoms with Crippen LogP contribution in [0.3, 0.4) is 0 Å². The number of hydrogen-bond acceptors (Lipinski definition) is 3. The number of methoxy groups -OCH3 is 1. The highest BCUT2D eigenvalue weighted by atomic mass is 35.5. The molecule has 0 aliphatic rings. The van der Waals surface area contributed by atoms with Crippen molar-refractivity contribution in [3.05, 3.63) is 22.7 Å². The normalized spacial score (nSPS) is 10.3. The monoisotopic (exact) mass is 252 g/mol. The van der Waals surface area contributed by atoms with Gasteiger partial charge in [0.05, 0.1) is 7.11 Å². The molecule has 0 spiro atoms. The molecule has 0 aromatic heterocycles. The van der Waals surface area contributed by atoms with Crippen molar-refractivity contribution < 1.29 is 28.2 Å². The molecule has 0 saturated carbocycles. The van der Waals surface area contributed by atoms with Crippen molar-refractivity contribution in [1.82, 2.24) is 0 Å². The average molecular weight is 253 g/mol. The number of ether oxygens (including phenoxy) is 2. The van der Waals surface area contributed by atoms with Gasteiger partial charge in [-0.25, -0.2) is 4.79 Å².